The smallest absolute Gasteiger partial charge is 0.234 e. The Kier molecular flexibility index (Phi) is 7.39. The van der Waals surface area contributed by atoms with Crippen LogP contribution in [0.4, 0.5) is 11.8 Å². The normalized spacial score (nSPS) is 15.8. The van der Waals surface area contributed by atoms with Gasteiger partial charge in [-0.25, -0.2) is 0 Å². The number of benzene rings is 2. The fourth-order valence-electron chi connectivity index (χ4n) is 3.65. The summed E-state index contributed by atoms with van der Waals surface area (Å²) >= 11 is 11.4. The maximum atomic E-state index is 6.01. The van der Waals surface area contributed by atoms with Crippen molar-refractivity contribution in [2.75, 3.05) is 16.8 Å². The summed E-state index contributed by atoms with van der Waals surface area (Å²) in [7, 11) is 0. The molecule has 8 heteroatoms. The molecular weight excluding hydrogens is 442 g/mol. The molecule has 0 saturated carbocycles. The maximum Gasteiger partial charge on any atom is 0.234 e. The van der Waals surface area contributed by atoms with Gasteiger partial charge in [-0.15, -0.1) is 0 Å². The van der Waals surface area contributed by atoms with Gasteiger partial charge in [0.05, 0.1) is 0 Å². The minimum absolute atomic E-state index is 0.403. The number of ether oxygens (including phenoxy) is 1. The number of halogens is 1. The van der Waals surface area contributed by atoms with E-state index in [4.69, 9.17) is 33.5 Å². The van der Waals surface area contributed by atoms with Gasteiger partial charge >= 0.3 is 0 Å². The van der Waals surface area contributed by atoms with Crippen molar-refractivity contribution in [3.05, 3.63) is 71.2 Å². The molecule has 0 aliphatic carbocycles. The van der Waals surface area contributed by atoms with Gasteiger partial charge in [-0.3, -0.25) is 0 Å². The minimum atomic E-state index is 0.403. The van der Waals surface area contributed by atoms with Crippen LogP contribution < -0.4 is 20.3 Å². The number of anilines is 2. The summed E-state index contributed by atoms with van der Waals surface area (Å²) in [5.74, 6) is 2.43. The average Bonchev–Trinajstić information content (AvgIpc) is 2.79. The lowest BCUT2D eigenvalue weighted by Crippen LogP contribution is -2.38. The zero-order chi connectivity index (χ0) is 22.3. The number of rotatable bonds is 6. The maximum absolute atomic E-state index is 6.01. The predicted molar refractivity (Wildman–Crippen MR) is 134 cm³/mol. The van der Waals surface area contributed by atoms with Crippen molar-refractivity contribution in [2.24, 2.45) is 0 Å². The van der Waals surface area contributed by atoms with E-state index in [0.29, 0.717) is 34.5 Å². The molecule has 166 valence electrons. The molecule has 1 aromatic heterocycles. The van der Waals surface area contributed by atoms with Gasteiger partial charge in [0, 0.05) is 30.2 Å². The lowest BCUT2D eigenvalue weighted by atomic mass is 10.0. The fourth-order valence-corrected chi connectivity index (χ4v) is 3.94. The van der Waals surface area contributed by atoms with E-state index in [9.17, 15) is 0 Å². The Hall–Kier alpha value is -2.90. The van der Waals surface area contributed by atoms with Crippen LogP contribution in [-0.2, 0) is 6.54 Å². The van der Waals surface area contributed by atoms with E-state index >= 15 is 0 Å². The van der Waals surface area contributed by atoms with Crippen molar-refractivity contribution in [3.8, 4) is 11.6 Å². The van der Waals surface area contributed by atoms with Gasteiger partial charge in [-0.05, 0) is 68.2 Å². The first-order valence-electron chi connectivity index (χ1n) is 10.7. The quantitative estimate of drug-likeness (QED) is 0.445. The molecule has 1 fully saturated rings. The molecule has 32 heavy (non-hydrogen) atoms. The summed E-state index contributed by atoms with van der Waals surface area (Å²) in [6.07, 6.45) is 3.52. The van der Waals surface area contributed by atoms with Crippen LogP contribution >= 0.6 is 23.8 Å². The van der Waals surface area contributed by atoms with Crippen LogP contribution in [0.25, 0.3) is 0 Å². The van der Waals surface area contributed by atoms with E-state index in [-0.39, 0.29) is 0 Å². The fraction of sp³-hybridized carbons (Fsp3) is 0.292. The molecule has 0 bridgehead atoms. The first-order chi connectivity index (χ1) is 15.6. The second kappa shape index (κ2) is 10.6. The van der Waals surface area contributed by atoms with Crippen molar-refractivity contribution in [1.29, 1.82) is 0 Å². The van der Waals surface area contributed by atoms with Crippen LogP contribution in [0, 0.1) is 0 Å². The summed E-state index contributed by atoms with van der Waals surface area (Å²) in [6.45, 7) is 3.76. The number of aromatic nitrogens is 2. The second-order valence-electron chi connectivity index (χ2n) is 7.78. The van der Waals surface area contributed by atoms with Gasteiger partial charge in [0.15, 0.2) is 5.11 Å². The molecule has 0 spiro atoms. The van der Waals surface area contributed by atoms with Gasteiger partial charge in [0.25, 0.3) is 0 Å². The van der Waals surface area contributed by atoms with E-state index in [0.717, 1.165) is 36.5 Å². The third-order valence-corrected chi connectivity index (χ3v) is 5.84. The molecule has 1 aliphatic heterocycles. The highest BCUT2D eigenvalue weighted by Crippen LogP contribution is 2.28. The van der Waals surface area contributed by atoms with E-state index in [1.54, 1.807) is 0 Å². The zero-order valence-corrected chi connectivity index (χ0v) is 19.5. The monoisotopic (exact) mass is 467 g/mol. The van der Waals surface area contributed by atoms with Crippen LogP contribution in [-0.4, -0.2) is 27.7 Å². The molecule has 2 aromatic carbocycles. The largest absolute Gasteiger partial charge is 0.439 e. The summed E-state index contributed by atoms with van der Waals surface area (Å²) in [5, 5.41) is 7.44. The van der Waals surface area contributed by atoms with Crippen LogP contribution in [0.5, 0.6) is 11.6 Å². The Labute approximate surface area is 199 Å². The standard InChI is InChI=1S/C24H26ClN5OS/c1-17-7-5-6-14-30(17)21-15-22(31-20-8-3-2-4-9-20)28-23(27-21)29-24(32)26-16-18-10-12-19(25)13-11-18/h2-4,8-13,15,17H,5-7,14,16H2,1H3,(H2,26,27,28,29,32)/t17-/m0/s1. The second-order valence-corrected chi connectivity index (χ2v) is 8.62. The molecule has 2 N–H and O–H groups in total. The van der Waals surface area contributed by atoms with Crippen LogP contribution in [0.1, 0.15) is 31.7 Å². The molecule has 4 rings (SSSR count). The number of hydrogen-bond acceptors (Lipinski definition) is 5. The number of piperidine rings is 1. The van der Waals surface area contributed by atoms with E-state index < -0.39 is 0 Å². The summed E-state index contributed by atoms with van der Waals surface area (Å²) in [6, 6.07) is 19.5. The summed E-state index contributed by atoms with van der Waals surface area (Å²) < 4.78 is 6.01. The van der Waals surface area contributed by atoms with Gasteiger partial charge in [0.2, 0.25) is 11.8 Å². The van der Waals surface area contributed by atoms with Gasteiger partial charge in [0.1, 0.15) is 11.6 Å². The summed E-state index contributed by atoms with van der Waals surface area (Å²) in [4.78, 5) is 11.6. The zero-order valence-electron chi connectivity index (χ0n) is 17.9. The Bertz CT molecular complexity index is 1050. The van der Waals surface area contributed by atoms with Gasteiger partial charge in [-0.1, -0.05) is 41.9 Å². The first kappa shape index (κ1) is 22.3. The molecular formula is C24H26ClN5OS. The predicted octanol–water partition coefficient (Wildman–Crippen LogP) is 5.79. The highest BCUT2D eigenvalue weighted by atomic mass is 35.5. The Balaban J connectivity index is 1.51. The van der Waals surface area contributed by atoms with Crippen molar-refractivity contribution in [2.45, 2.75) is 38.8 Å². The molecule has 0 unspecified atom stereocenters. The molecule has 6 nitrogen and oxygen atoms in total. The van der Waals surface area contributed by atoms with Crippen LogP contribution in [0.15, 0.2) is 60.7 Å². The molecule has 1 atom stereocenters. The van der Waals surface area contributed by atoms with E-state index in [1.807, 2.05) is 60.7 Å². The third kappa shape index (κ3) is 6.08. The average molecular weight is 468 g/mol. The Morgan fingerprint density at radius 3 is 2.66 bits per heavy atom. The van der Waals surface area contributed by atoms with Crippen molar-refractivity contribution < 1.29 is 4.74 Å². The molecule has 3 aromatic rings. The highest BCUT2D eigenvalue weighted by molar-refractivity contribution is 7.80. The number of nitrogens with one attached hydrogen (secondary N) is 2. The third-order valence-electron chi connectivity index (χ3n) is 5.34. The van der Waals surface area contributed by atoms with Crippen LogP contribution in [0.2, 0.25) is 5.02 Å². The SMILES string of the molecule is C[C@H]1CCCCN1c1cc(Oc2ccccc2)nc(NC(=S)NCc2ccc(Cl)cc2)n1. The first-order valence-corrected chi connectivity index (χ1v) is 11.5. The number of hydrogen-bond donors (Lipinski definition) is 2. The molecule has 1 aliphatic rings. The summed E-state index contributed by atoms with van der Waals surface area (Å²) in [5.41, 5.74) is 1.07. The van der Waals surface area contributed by atoms with Crippen molar-refractivity contribution >= 4 is 40.7 Å². The lowest BCUT2D eigenvalue weighted by molar-refractivity contribution is 0.457. The minimum Gasteiger partial charge on any atom is -0.439 e. The van der Waals surface area contributed by atoms with Crippen molar-refractivity contribution in [3.63, 3.8) is 0 Å². The highest BCUT2D eigenvalue weighted by Gasteiger charge is 2.21. The van der Waals surface area contributed by atoms with Crippen molar-refractivity contribution in [1.82, 2.24) is 15.3 Å². The van der Waals surface area contributed by atoms with Gasteiger partial charge in [-0.2, -0.15) is 9.97 Å². The molecule has 2 heterocycles. The topological polar surface area (TPSA) is 62.3 Å². The number of nitrogens with zero attached hydrogens (tertiary/aromatic N) is 3. The van der Waals surface area contributed by atoms with Gasteiger partial charge < -0.3 is 20.3 Å². The molecule has 0 radical (unpaired) electrons. The van der Waals surface area contributed by atoms with E-state index in [2.05, 4.69) is 27.4 Å². The molecule has 0 amide bonds. The number of para-hydroxylation sites is 1. The van der Waals surface area contributed by atoms with E-state index in [1.165, 1.54) is 6.42 Å². The molecule has 1 saturated heterocycles. The van der Waals surface area contributed by atoms with Crippen LogP contribution in [0.3, 0.4) is 0 Å². The number of thiocarbonyl (C=S) groups is 1. The lowest BCUT2D eigenvalue weighted by Gasteiger charge is -2.34. The Morgan fingerprint density at radius 2 is 1.91 bits per heavy atom. The Morgan fingerprint density at radius 1 is 1.12 bits per heavy atom.